The van der Waals surface area contributed by atoms with Gasteiger partial charge in [0.2, 0.25) is 5.78 Å². The topological polar surface area (TPSA) is 101 Å². The van der Waals surface area contributed by atoms with Gasteiger partial charge in [0.1, 0.15) is 5.60 Å². The van der Waals surface area contributed by atoms with Gasteiger partial charge in [-0.15, -0.1) is 11.6 Å². The lowest BCUT2D eigenvalue weighted by atomic mass is 9.44. The van der Waals surface area contributed by atoms with Crippen LogP contribution in [0.1, 0.15) is 47.0 Å². The average Bonchev–Trinajstić information content (AvgIpc) is 2.89. The molecule has 0 spiro atoms. The summed E-state index contributed by atoms with van der Waals surface area (Å²) in [5.41, 5.74) is -5.90. The van der Waals surface area contributed by atoms with Crippen molar-refractivity contribution in [1.82, 2.24) is 0 Å². The Hall–Kier alpha value is -1.57. The highest BCUT2D eigenvalue weighted by molar-refractivity contribution is 6.21. The molecule has 8 heteroatoms. The summed E-state index contributed by atoms with van der Waals surface area (Å²) < 4.78 is 22.0. The van der Waals surface area contributed by atoms with E-state index in [0.29, 0.717) is 12.0 Å². The number of aliphatic hydroxyl groups excluding tert-OH is 1. The number of halogens is 2. The zero-order chi connectivity index (χ0) is 23.9. The number of ketones is 2. The summed E-state index contributed by atoms with van der Waals surface area (Å²) in [7, 11) is 0. The number of ether oxygens (including phenoxy) is 1. The molecule has 4 aliphatic carbocycles. The number of carbonyl (C=O) groups excluding carboxylic acids is 3. The van der Waals surface area contributed by atoms with Gasteiger partial charge in [-0.3, -0.25) is 14.4 Å². The van der Waals surface area contributed by atoms with Crippen LogP contribution in [0.15, 0.2) is 23.8 Å². The lowest BCUT2D eigenvalue weighted by Crippen LogP contribution is -2.71. The molecule has 0 heterocycles. The predicted molar refractivity (Wildman–Crippen MR) is 115 cm³/mol. The number of aliphatic hydroxyl groups is 2. The minimum absolute atomic E-state index is 0.161. The first kappa shape index (κ1) is 23.6. The maximum Gasteiger partial charge on any atom is 0.303 e. The Balaban J connectivity index is 1.80. The van der Waals surface area contributed by atoms with Crippen LogP contribution in [0.2, 0.25) is 0 Å². The second-order valence-electron chi connectivity index (χ2n) is 10.5. The fourth-order valence-corrected chi connectivity index (χ4v) is 7.88. The predicted octanol–water partition coefficient (Wildman–Crippen LogP) is 2.68. The van der Waals surface area contributed by atoms with Gasteiger partial charge in [0, 0.05) is 29.0 Å². The lowest BCUT2D eigenvalue weighted by molar-refractivity contribution is -0.218. The minimum Gasteiger partial charge on any atom is -0.458 e. The molecule has 4 aliphatic rings. The third kappa shape index (κ3) is 2.74. The molecule has 0 radical (unpaired) electrons. The Bertz CT molecular complexity index is 947. The molecule has 3 saturated carbocycles. The van der Waals surface area contributed by atoms with Gasteiger partial charge in [-0.25, -0.2) is 4.39 Å². The molecule has 4 rings (SSSR count). The molecule has 0 aromatic heterocycles. The van der Waals surface area contributed by atoms with E-state index in [1.165, 1.54) is 25.2 Å². The van der Waals surface area contributed by atoms with Gasteiger partial charge < -0.3 is 14.9 Å². The van der Waals surface area contributed by atoms with Crippen molar-refractivity contribution in [2.24, 2.45) is 28.6 Å². The lowest BCUT2D eigenvalue weighted by Gasteiger charge is -2.63. The van der Waals surface area contributed by atoms with E-state index >= 15 is 4.39 Å². The SMILES string of the molecule is CC(=O)OCC(=O)[C@@]1(O)[C@H](C)C[C@H]2[C@@H]3[C@H](Cl)CC4=CC(=O)C=C[C@]4(C)[C@@]3(F)[C@@H](O)C[C@@]21C. The Labute approximate surface area is 191 Å². The van der Waals surface area contributed by atoms with Crippen molar-refractivity contribution < 1.29 is 33.7 Å². The zero-order valence-electron chi connectivity index (χ0n) is 18.7. The summed E-state index contributed by atoms with van der Waals surface area (Å²) in [5, 5.41) is 22.3. The second-order valence-corrected chi connectivity index (χ2v) is 11.0. The first-order valence-corrected chi connectivity index (χ1v) is 11.5. The summed E-state index contributed by atoms with van der Waals surface area (Å²) in [5.74, 6) is -3.42. The first-order chi connectivity index (χ1) is 14.7. The molecule has 3 fully saturated rings. The average molecular weight is 469 g/mol. The Morgan fingerprint density at radius 3 is 2.62 bits per heavy atom. The molecule has 0 aromatic carbocycles. The molecular weight excluding hydrogens is 439 g/mol. The van der Waals surface area contributed by atoms with E-state index in [4.69, 9.17) is 16.3 Å². The van der Waals surface area contributed by atoms with Crippen LogP contribution >= 0.6 is 11.6 Å². The largest absolute Gasteiger partial charge is 0.458 e. The van der Waals surface area contributed by atoms with Crippen LogP contribution in [0, 0.1) is 28.6 Å². The van der Waals surface area contributed by atoms with Crippen LogP contribution in [0.5, 0.6) is 0 Å². The number of alkyl halides is 2. The molecular formula is C24H30ClFO6. The molecule has 0 amide bonds. The summed E-state index contributed by atoms with van der Waals surface area (Å²) in [6, 6.07) is 0. The molecule has 9 atom stereocenters. The van der Waals surface area contributed by atoms with E-state index in [1.54, 1.807) is 20.8 Å². The smallest absolute Gasteiger partial charge is 0.303 e. The number of Topliss-reactive ketones (excluding diaryl/α,β-unsaturated/α-hetero) is 1. The number of fused-ring (bicyclic) bond motifs is 5. The zero-order valence-corrected chi connectivity index (χ0v) is 19.5. The van der Waals surface area contributed by atoms with Crippen LogP contribution in [-0.2, 0) is 19.1 Å². The molecule has 0 aliphatic heterocycles. The van der Waals surface area contributed by atoms with Crippen LogP contribution in [0.3, 0.4) is 0 Å². The summed E-state index contributed by atoms with van der Waals surface area (Å²) in [6.07, 6.45) is 3.19. The standard InChI is InChI=1S/C24H30ClFO6/c1-12-7-16-20-17(25)9-14-8-15(28)5-6-21(14,3)23(20,26)18(29)10-22(16,4)24(12,31)19(30)11-32-13(2)27/h5-6,8,12,16-18,20,29,31H,7,9-11H2,1-4H3/t12-,16+,17-,18+,20-,21+,22+,23-,24+/m1/s1. The Kier molecular flexibility index (Phi) is 5.32. The van der Waals surface area contributed by atoms with Gasteiger partial charge in [-0.05, 0) is 50.2 Å². The van der Waals surface area contributed by atoms with E-state index in [1.807, 2.05) is 0 Å². The molecule has 0 bridgehead atoms. The maximum atomic E-state index is 17.2. The van der Waals surface area contributed by atoms with E-state index in [0.717, 1.165) is 0 Å². The quantitative estimate of drug-likeness (QED) is 0.488. The maximum absolute atomic E-state index is 17.2. The molecule has 0 saturated heterocycles. The van der Waals surface area contributed by atoms with Crippen molar-refractivity contribution in [3.8, 4) is 0 Å². The monoisotopic (exact) mass is 468 g/mol. The fourth-order valence-electron chi connectivity index (χ4n) is 7.36. The Morgan fingerprint density at radius 2 is 2.00 bits per heavy atom. The molecule has 0 aromatic rings. The van der Waals surface area contributed by atoms with Crippen molar-refractivity contribution in [2.45, 2.75) is 69.7 Å². The van der Waals surface area contributed by atoms with Gasteiger partial charge >= 0.3 is 5.97 Å². The molecule has 32 heavy (non-hydrogen) atoms. The van der Waals surface area contributed by atoms with Crippen LogP contribution in [0.4, 0.5) is 4.39 Å². The van der Waals surface area contributed by atoms with Crippen molar-refractivity contribution in [2.75, 3.05) is 6.61 Å². The molecule has 2 N–H and O–H groups in total. The van der Waals surface area contributed by atoms with Gasteiger partial charge in [-0.2, -0.15) is 0 Å². The van der Waals surface area contributed by atoms with E-state index < -0.39 is 69.7 Å². The van der Waals surface area contributed by atoms with Crippen molar-refractivity contribution >= 4 is 29.1 Å². The van der Waals surface area contributed by atoms with Crippen LogP contribution < -0.4 is 0 Å². The second kappa shape index (κ2) is 7.21. The van der Waals surface area contributed by atoms with Gasteiger partial charge in [0.15, 0.2) is 18.1 Å². The van der Waals surface area contributed by atoms with Gasteiger partial charge in [0.05, 0.1) is 6.10 Å². The number of hydrogen-bond donors (Lipinski definition) is 2. The van der Waals surface area contributed by atoms with E-state index in [9.17, 15) is 24.6 Å². The van der Waals surface area contributed by atoms with E-state index in [2.05, 4.69) is 0 Å². The minimum atomic E-state index is -2.17. The molecule has 6 nitrogen and oxygen atoms in total. The number of rotatable bonds is 3. The fraction of sp³-hybridized carbons (Fsp3) is 0.708. The number of carbonyl (C=O) groups is 3. The number of allylic oxidation sites excluding steroid dienone is 4. The Morgan fingerprint density at radius 1 is 1.34 bits per heavy atom. The number of hydrogen-bond acceptors (Lipinski definition) is 6. The highest BCUT2D eigenvalue weighted by atomic mass is 35.5. The van der Waals surface area contributed by atoms with Crippen LogP contribution in [0.25, 0.3) is 0 Å². The van der Waals surface area contributed by atoms with Crippen molar-refractivity contribution in [1.29, 1.82) is 0 Å². The van der Waals surface area contributed by atoms with Gasteiger partial charge in [0.25, 0.3) is 0 Å². The van der Waals surface area contributed by atoms with Gasteiger partial charge in [-0.1, -0.05) is 25.5 Å². The first-order valence-electron chi connectivity index (χ1n) is 11.1. The molecule has 176 valence electrons. The van der Waals surface area contributed by atoms with Crippen LogP contribution in [-0.4, -0.2) is 57.1 Å². The highest BCUT2D eigenvalue weighted by Gasteiger charge is 2.77. The van der Waals surface area contributed by atoms with E-state index in [-0.39, 0.29) is 18.6 Å². The van der Waals surface area contributed by atoms with Crippen molar-refractivity contribution in [3.63, 3.8) is 0 Å². The highest BCUT2D eigenvalue weighted by Crippen LogP contribution is 2.71. The third-order valence-electron chi connectivity index (χ3n) is 9.03. The molecule has 0 unspecified atom stereocenters. The van der Waals surface area contributed by atoms with Crippen molar-refractivity contribution in [3.05, 3.63) is 23.8 Å². The summed E-state index contributed by atoms with van der Waals surface area (Å²) >= 11 is 6.76. The third-order valence-corrected chi connectivity index (χ3v) is 9.45. The summed E-state index contributed by atoms with van der Waals surface area (Å²) in [4.78, 5) is 36.3. The number of esters is 1. The normalized spacial score (nSPS) is 49.6. The summed E-state index contributed by atoms with van der Waals surface area (Å²) in [6.45, 7) is 5.70.